The number of amides is 1. The molecule has 0 aliphatic rings. The van der Waals surface area contributed by atoms with Crippen molar-refractivity contribution >= 4 is 21.6 Å². The number of hydrogen-bond donors (Lipinski definition) is 0. The number of nitrogens with zero attached hydrogens (tertiary/aromatic N) is 1. The lowest BCUT2D eigenvalue weighted by atomic mass is 9.98. The summed E-state index contributed by atoms with van der Waals surface area (Å²) in [5, 5.41) is 0. The summed E-state index contributed by atoms with van der Waals surface area (Å²) in [5.41, 5.74) is 3.60. The molecule has 32 heavy (non-hydrogen) atoms. The van der Waals surface area contributed by atoms with E-state index in [0.29, 0.717) is 11.7 Å². The predicted octanol–water partition coefficient (Wildman–Crippen LogP) is 5.48. The molecule has 0 spiro atoms. The normalized spacial score (nSPS) is 11.4. The summed E-state index contributed by atoms with van der Waals surface area (Å²) < 4.78 is 33.3. The van der Waals surface area contributed by atoms with E-state index < -0.39 is 22.5 Å². The van der Waals surface area contributed by atoms with Gasteiger partial charge in [-0.3, -0.25) is 4.79 Å². The minimum atomic E-state index is -4.10. The molecule has 6 heteroatoms. The summed E-state index contributed by atoms with van der Waals surface area (Å²) in [5.74, 6) is 0.241. The van der Waals surface area contributed by atoms with E-state index in [-0.39, 0.29) is 10.6 Å². The summed E-state index contributed by atoms with van der Waals surface area (Å²) >= 11 is 0. The molecule has 0 aliphatic carbocycles. The standard InChI is InChI=1S/C26H29NO4S/c1-5-21-11-13-22(14-12-21)27(32(29,30)24-9-7-6-8-10-24)26(28)18-31-23-15-16-25(19(2)3)20(4)17-23/h6-17,19H,5,18H2,1-4H3. The van der Waals surface area contributed by atoms with Gasteiger partial charge in [0.2, 0.25) is 0 Å². The first-order valence-electron chi connectivity index (χ1n) is 10.7. The summed E-state index contributed by atoms with van der Waals surface area (Å²) in [6.07, 6.45) is 0.814. The fourth-order valence-corrected chi connectivity index (χ4v) is 5.00. The molecule has 168 valence electrons. The average molecular weight is 452 g/mol. The zero-order chi connectivity index (χ0) is 23.3. The highest BCUT2D eigenvalue weighted by atomic mass is 32.2. The van der Waals surface area contributed by atoms with Crippen molar-refractivity contribution in [3.8, 4) is 5.75 Å². The van der Waals surface area contributed by atoms with Crippen molar-refractivity contribution in [2.45, 2.75) is 44.9 Å². The molecule has 0 fully saturated rings. The van der Waals surface area contributed by atoms with Gasteiger partial charge >= 0.3 is 0 Å². The number of ether oxygens (including phenoxy) is 1. The smallest absolute Gasteiger partial charge is 0.278 e. The van der Waals surface area contributed by atoms with Crippen LogP contribution in [0.1, 0.15) is 43.4 Å². The van der Waals surface area contributed by atoms with Crippen LogP contribution in [-0.2, 0) is 21.2 Å². The van der Waals surface area contributed by atoms with Gasteiger partial charge in [0, 0.05) is 0 Å². The zero-order valence-corrected chi connectivity index (χ0v) is 19.7. The number of rotatable bonds is 8. The number of hydrogen-bond acceptors (Lipinski definition) is 4. The third kappa shape index (κ3) is 5.19. The minimum Gasteiger partial charge on any atom is -0.484 e. The van der Waals surface area contributed by atoms with Gasteiger partial charge in [0.15, 0.2) is 6.61 Å². The highest BCUT2D eigenvalue weighted by Crippen LogP contribution is 2.26. The molecular weight excluding hydrogens is 422 g/mol. The Morgan fingerprint density at radius 1 is 0.969 bits per heavy atom. The quantitative estimate of drug-likeness (QED) is 0.455. The van der Waals surface area contributed by atoms with Crippen molar-refractivity contribution in [3.63, 3.8) is 0 Å². The van der Waals surface area contributed by atoms with Crippen LogP contribution in [0.5, 0.6) is 5.75 Å². The third-order valence-electron chi connectivity index (χ3n) is 5.31. The number of benzene rings is 3. The molecular formula is C26H29NO4S. The maximum atomic E-state index is 13.4. The van der Waals surface area contributed by atoms with Crippen molar-refractivity contribution in [1.29, 1.82) is 0 Å². The van der Waals surface area contributed by atoms with Crippen LogP contribution in [0.15, 0.2) is 77.7 Å². The van der Waals surface area contributed by atoms with E-state index in [0.717, 1.165) is 21.9 Å². The van der Waals surface area contributed by atoms with Crippen molar-refractivity contribution in [3.05, 3.63) is 89.5 Å². The molecule has 3 rings (SSSR count). The molecule has 0 aromatic heterocycles. The van der Waals surface area contributed by atoms with Gasteiger partial charge < -0.3 is 4.74 Å². The van der Waals surface area contributed by atoms with E-state index in [2.05, 4.69) is 13.8 Å². The maximum Gasteiger partial charge on any atom is 0.278 e. The van der Waals surface area contributed by atoms with Gasteiger partial charge in [-0.25, -0.2) is 8.42 Å². The molecule has 0 bridgehead atoms. The molecule has 1 amide bonds. The molecule has 0 unspecified atom stereocenters. The summed E-state index contributed by atoms with van der Waals surface area (Å²) in [7, 11) is -4.10. The molecule has 0 N–H and O–H groups in total. The third-order valence-corrected chi connectivity index (χ3v) is 7.08. The molecule has 0 heterocycles. The second kappa shape index (κ2) is 10.0. The lowest BCUT2D eigenvalue weighted by molar-refractivity contribution is -0.119. The predicted molar refractivity (Wildman–Crippen MR) is 128 cm³/mol. The molecule has 0 atom stereocenters. The lowest BCUT2D eigenvalue weighted by Crippen LogP contribution is -2.40. The second-order valence-corrected chi connectivity index (χ2v) is 9.74. The molecule has 0 saturated heterocycles. The molecule has 0 radical (unpaired) electrons. The molecule has 3 aromatic rings. The number of carbonyl (C=O) groups excluding carboxylic acids is 1. The number of sulfonamides is 1. The first-order valence-corrected chi connectivity index (χ1v) is 12.1. The zero-order valence-electron chi connectivity index (χ0n) is 18.9. The van der Waals surface area contributed by atoms with Gasteiger partial charge in [0.05, 0.1) is 10.6 Å². The Labute approximate surface area is 190 Å². The second-order valence-electron chi connectivity index (χ2n) is 7.96. The van der Waals surface area contributed by atoms with Gasteiger partial charge in [-0.15, -0.1) is 0 Å². The number of aryl methyl sites for hydroxylation is 2. The van der Waals surface area contributed by atoms with Gasteiger partial charge in [-0.1, -0.05) is 57.2 Å². The van der Waals surface area contributed by atoms with E-state index in [4.69, 9.17) is 4.74 Å². The van der Waals surface area contributed by atoms with E-state index in [1.165, 1.54) is 17.7 Å². The van der Waals surface area contributed by atoms with Crippen LogP contribution in [0, 0.1) is 6.92 Å². The van der Waals surface area contributed by atoms with E-state index >= 15 is 0 Å². The first kappa shape index (κ1) is 23.5. The monoisotopic (exact) mass is 451 g/mol. The van der Waals surface area contributed by atoms with E-state index in [9.17, 15) is 13.2 Å². The number of anilines is 1. The van der Waals surface area contributed by atoms with Crippen LogP contribution in [0.3, 0.4) is 0 Å². The van der Waals surface area contributed by atoms with Gasteiger partial charge in [-0.05, 0) is 72.4 Å². The summed E-state index contributed by atoms with van der Waals surface area (Å²) in [4.78, 5) is 13.2. The van der Waals surface area contributed by atoms with Crippen LogP contribution in [0.25, 0.3) is 0 Å². The average Bonchev–Trinajstić information content (AvgIpc) is 2.78. The Morgan fingerprint density at radius 2 is 1.62 bits per heavy atom. The largest absolute Gasteiger partial charge is 0.484 e. The Balaban J connectivity index is 1.91. The van der Waals surface area contributed by atoms with Crippen molar-refractivity contribution in [2.24, 2.45) is 0 Å². The minimum absolute atomic E-state index is 0.0463. The molecule has 0 saturated carbocycles. The van der Waals surface area contributed by atoms with Crippen LogP contribution in [0.4, 0.5) is 5.69 Å². The van der Waals surface area contributed by atoms with Gasteiger partial charge in [0.25, 0.3) is 15.9 Å². The fourth-order valence-electron chi connectivity index (χ4n) is 3.57. The van der Waals surface area contributed by atoms with Crippen LogP contribution in [0.2, 0.25) is 0 Å². The highest BCUT2D eigenvalue weighted by molar-refractivity contribution is 7.93. The van der Waals surface area contributed by atoms with Crippen molar-refractivity contribution < 1.29 is 17.9 Å². The van der Waals surface area contributed by atoms with Crippen molar-refractivity contribution in [1.82, 2.24) is 0 Å². The van der Waals surface area contributed by atoms with Gasteiger partial charge in [-0.2, -0.15) is 4.31 Å². The van der Waals surface area contributed by atoms with Crippen LogP contribution in [-0.4, -0.2) is 20.9 Å². The van der Waals surface area contributed by atoms with E-state index in [1.54, 1.807) is 30.3 Å². The SMILES string of the molecule is CCc1ccc(N(C(=O)COc2ccc(C(C)C)c(C)c2)S(=O)(=O)c2ccccc2)cc1. The first-order chi connectivity index (χ1) is 15.2. The topological polar surface area (TPSA) is 63.7 Å². The van der Waals surface area contributed by atoms with Crippen molar-refractivity contribution in [2.75, 3.05) is 10.9 Å². The molecule has 3 aromatic carbocycles. The molecule has 0 aliphatic heterocycles. The fraction of sp³-hybridized carbons (Fsp3) is 0.269. The summed E-state index contributed by atoms with van der Waals surface area (Å²) in [6, 6.07) is 20.5. The Bertz CT molecular complexity index is 1170. The Kier molecular flexibility index (Phi) is 7.36. The van der Waals surface area contributed by atoms with Gasteiger partial charge in [0.1, 0.15) is 5.75 Å². The highest BCUT2D eigenvalue weighted by Gasteiger charge is 2.31. The van der Waals surface area contributed by atoms with Crippen LogP contribution < -0.4 is 9.04 Å². The Hall–Kier alpha value is -3.12. The lowest BCUT2D eigenvalue weighted by Gasteiger charge is -2.23. The summed E-state index contributed by atoms with van der Waals surface area (Å²) in [6.45, 7) is 7.83. The van der Waals surface area contributed by atoms with Crippen LogP contribution >= 0.6 is 0 Å². The molecule has 5 nitrogen and oxygen atoms in total. The van der Waals surface area contributed by atoms with E-state index in [1.807, 2.05) is 44.2 Å². The Morgan fingerprint density at radius 3 is 2.19 bits per heavy atom. The maximum absolute atomic E-state index is 13.4. The number of carbonyl (C=O) groups is 1.